The van der Waals surface area contributed by atoms with Crippen LogP contribution in [-0.2, 0) is 5.75 Å². The Labute approximate surface area is 124 Å². The van der Waals surface area contributed by atoms with Crippen LogP contribution in [0, 0.1) is 0 Å². The fourth-order valence-corrected chi connectivity index (χ4v) is 3.27. The van der Waals surface area contributed by atoms with Crippen molar-refractivity contribution >= 4 is 45.6 Å². The van der Waals surface area contributed by atoms with Crippen molar-refractivity contribution in [1.29, 1.82) is 0 Å². The standard InChI is InChI=1S/C14H10BrClOS/c15-12-5-4-11(14(16)7-12)9-18-13-3-1-2-10(6-13)8-17/h1-8H,9H2. The summed E-state index contributed by atoms with van der Waals surface area (Å²) in [7, 11) is 0. The van der Waals surface area contributed by atoms with Crippen molar-refractivity contribution < 1.29 is 4.79 Å². The first kappa shape index (κ1) is 13.7. The summed E-state index contributed by atoms with van der Waals surface area (Å²) < 4.78 is 0.976. The fraction of sp³-hybridized carbons (Fsp3) is 0.0714. The van der Waals surface area contributed by atoms with Gasteiger partial charge in [-0.3, -0.25) is 4.79 Å². The van der Waals surface area contributed by atoms with Crippen LogP contribution in [0.15, 0.2) is 51.8 Å². The van der Waals surface area contributed by atoms with E-state index in [4.69, 9.17) is 11.6 Å². The number of aldehydes is 1. The second-order valence-electron chi connectivity index (χ2n) is 3.71. The third kappa shape index (κ3) is 3.61. The van der Waals surface area contributed by atoms with Crippen LogP contribution in [0.2, 0.25) is 5.02 Å². The van der Waals surface area contributed by atoms with Crippen molar-refractivity contribution in [2.24, 2.45) is 0 Å². The molecule has 92 valence electrons. The lowest BCUT2D eigenvalue weighted by atomic mass is 10.2. The van der Waals surface area contributed by atoms with Gasteiger partial charge in [0.1, 0.15) is 6.29 Å². The number of carbonyl (C=O) groups excluding carboxylic acids is 1. The summed E-state index contributed by atoms with van der Waals surface area (Å²) in [4.78, 5) is 11.8. The molecule has 0 saturated carbocycles. The van der Waals surface area contributed by atoms with Gasteiger partial charge in [0, 0.05) is 25.7 Å². The van der Waals surface area contributed by atoms with E-state index in [0.29, 0.717) is 5.56 Å². The predicted molar refractivity (Wildman–Crippen MR) is 80.5 cm³/mol. The van der Waals surface area contributed by atoms with Gasteiger partial charge in [-0.05, 0) is 29.8 Å². The van der Waals surface area contributed by atoms with E-state index in [1.807, 2.05) is 36.4 Å². The van der Waals surface area contributed by atoms with E-state index in [-0.39, 0.29) is 0 Å². The summed E-state index contributed by atoms with van der Waals surface area (Å²) in [5, 5.41) is 0.753. The molecule has 0 atom stereocenters. The zero-order valence-electron chi connectivity index (χ0n) is 9.40. The van der Waals surface area contributed by atoms with E-state index < -0.39 is 0 Å². The van der Waals surface area contributed by atoms with Crippen LogP contribution in [0.25, 0.3) is 0 Å². The molecular weight excluding hydrogens is 332 g/mol. The molecule has 18 heavy (non-hydrogen) atoms. The predicted octanol–water partition coefficient (Wildman–Crippen LogP) is 5.21. The molecule has 0 saturated heterocycles. The Morgan fingerprint density at radius 1 is 1.22 bits per heavy atom. The summed E-state index contributed by atoms with van der Waals surface area (Å²) in [5.74, 6) is 0.786. The topological polar surface area (TPSA) is 17.1 Å². The Morgan fingerprint density at radius 2 is 2.06 bits per heavy atom. The molecule has 2 aromatic carbocycles. The number of rotatable bonds is 4. The van der Waals surface area contributed by atoms with Gasteiger partial charge < -0.3 is 0 Å². The summed E-state index contributed by atoms with van der Waals surface area (Å²) in [6, 6.07) is 13.4. The molecule has 0 bridgehead atoms. The molecule has 4 heteroatoms. The minimum Gasteiger partial charge on any atom is -0.298 e. The van der Waals surface area contributed by atoms with E-state index >= 15 is 0 Å². The molecule has 0 N–H and O–H groups in total. The van der Waals surface area contributed by atoms with E-state index in [9.17, 15) is 4.79 Å². The molecule has 0 amide bonds. The quantitative estimate of drug-likeness (QED) is 0.561. The van der Waals surface area contributed by atoms with Crippen molar-refractivity contribution in [3.05, 3.63) is 63.1 Å². The van der Waals surface area contributed by atoms with Gasteiger partial charge in [0.2, 0.25) is 0 Å². The van der Waals surface area contributed by atoms with Crippen LogP contribution in [0.1, 0.15) is 15.9 Å². The zero-order chi connectivity index (χ0) is 13.0. The van der Waals surface area contributed by atoms with E-state index in [0.717, 1.165) is 32.0 Å². The highest BCUT2D eigenvalue weighted by Crippen LogP contribution is 2.28. The number of thioether (sulfide) groups is 1. The number of benzene rings is 2. The van der Waals surface area contributed by atoms with Crippen molar-refractivity contribution in [2.75, 3.05) is 0 Å². The lowest BCUT2D eigenvalue weighted by Gasteiger charge is -2.05. The van der Waals surface area contributed by atoms with Crippen molar-refractivity contribution in [2.45, 2.75) is 10.6 Å². The Kier molecular flexibility index (Phi) is 4.87. The average Bonchev–Trinajstić information content (AvgIpc) is 2.38. The summed E-state index contributed by atoms with van der Waals surface area (Å²) >= 11 is 11.2. The molecule has 2 aromatic rings. The Bertz CT molecular complexity index is 571. The molecule has 0 fully saturated rings. The Hall–Kier alpha value is -0.770. The Balaban J connectivity index is 2.08. The monoisotopic (exact) mass is 340 g/mol. The minimum absolute atomic E-state index is 0.696. The molecule has 0 radical (unpaired) electrons. The van der Waals surface area contributed by atoms with E-state index in [1.165, 1.54) is 0 Å². The maximum absolute atomic E-state index is 10.7. The highest BCUT2D eigenvalue weighted by atomic mass is 79.9. The largest absolute Gasteiger partial charge is 0.298 e. The second kappa shape index (κ2) is 6.41. The molecule has 0 heterocycles. The fourth-order valence-electron chi connectivity index (χ4n) is 1.48. The number of halogens is 2. The van der Waals surface area contributed by atoms with Crippen LogP contribution in [0.4, 0.5) is 0 Å². The number of carbonyl (C=O) groups is 1. The molecule has 1 nitrogen and oxygen atoms in total. The van der Waals surface area contributed by atoms with E-state index in [1.54, 1.807) is 17.8 Å². The highest BCUT2D eigenvalue weighted by Gasteiger charge is 2.03. The lowest BCUT2D eigenvalue weighted by molar-refractivity contribution is 0.112. The van der Waals surface area contributed by atoms with E-state index in [2.05, 4.69) is 15.9 Å². The highest BCUT2D eigenvalue weighted by molar-refractivity contribution is 9.10. The van der Waals surface area contributed by atoms with Gasteiger partial charge in [0.05, 0.1) is 0 Å². The van der Waals surface area contributed by atoms with Gasteiger partial charge in [-0.1, -0.05) is 45.7 Å². The third-order valence-corrected chi connectivity index (χ3v) is 4.29. The SMILES string of the molecule is O=Cc1cccc(SCc2ccc(Br)cc2Cl)c1. The first-order chi connectivity index (χ1) is 8.69. The third-order valence-electron chi connectivity index (χ3n) is 2.40. The molecule has 0 aliphatic rings. The van der Waals surface area contributed by atoms with Crippen molar-refractivity contribution in [3.8, 4) is 0 Å². The van der Waals surface area contributed by atoms with Crippen molar-refractivity contribution in [1.82, 2.24) is 0 Å². The van der Waals surface area contributed by atoms with Gasteiger partial charge in [-0.15, -0.1) is 11.8 Å². The molecule has 0 unspecified atom stereocenters. The van der Waals surface area contributed by atoms with Gasteiger partial charge in [-0.25, -0.2) is 0 Å². The first-order valence-electron chi connectivity index (χ1n) is 5.31. The van der Waals surface area contributed by atoms with Gasteiger partial charge in [-0.2, -0.15) is 0 Å². The van der Waals surface area contributed by atoms with Gasteiger partial charge in [0.15, 0.2) is 0 Å². The maximum atomic E-state index is 10.7. The van der Waals surface area contributed by atoms with Crippen LogP contribution in [0.3, 0.4) is 0 Å². The second-order valence-corrected chi connectivity index (χ2v) is 6.09. The normalized spacial score (nSPS) is 10.3. The zero-order valence-corrected chi connectivity index (χ0v) is 12.6. The van der Waals surface area contributed by atoms with Crippen LogP contribution >= 0.6 is 39.3 Å². The maximum Gasteiger partial charge on any atom is 0.150 e. The van der Waals surface area contributed by atoms with Gasteiger partial charge in [0.25, 0.3) is 0 Å². The van der Waals surface area contributed by atoms with Crippen molar-refractivity contribution in [3.63, 3.8) is 0 Å². The molecular formula is C14H10BrClOS. The van der Waals surface area contributed by atoms with Crippen LogP contribution in [0.5, 0.6) is 0 Å². The minimum atomic E-state index is 0.696. The summed E-state index contributed by atoms with van der Waals surface area (Å²) in [5.41, 5.74) is 1.78. The molecule has 0 aliphatic carbocycles. The molecule has 2 rings (SSSR count). The molecule has 0 aromatic heterocycles. The summed E-state index contributed by atoms with van der Waals surface area (Å²) in [6.07, 6.45) is 0.858. The number of hydrogen-bond acceptors (Lipinski definition) is 2. The first-order valence-corrected chi connectivity index (χ1v) is 7.46. The Morgan fingerprint density at radius 3 is 2.78 bits per heavy atom. The summed E-state index contributed by atoms with van der Waals surface area (Å²) in [6.45, 7) is 0. The smallest absolute Gasteiger partial charge is 0.150 e. The van der Waals surface area contributed by atoms with Crippen LogP contribution < -0.4 is 0 Å². The molecule has 0 aliphatic heterocycles. The number of hydrogen-bond donors (Lipinski definition) is 0. The lowest BCUT2D eigenvalue weighted by Crippen LogP contribution is -1.84. The van der Waals surface area contributed by atoms with Crippen LogP contribution in [-0.4, -0.2) is 6.29 Å². The van der Waals surface area contributed by atoms with Gasteiger partial charge >= 0.3 is 0 Å². The average molecular weight is 342 g/mol. The molecule has 0 spiro atoms.